The summed E-state index contributed by atoms with van der Waals surface area (Å²) in [5.74, 6) is -0.117. The molecule has 1 heterocycles. The zero-order valence-corrected chi connectivity index (χ0v) is 18.6. The van der Waals surface area contributed by atoms with E-state index in [1.807, 2.05) is 37.8 Å². The van der Waals surface area contributed by atoms with Crippen molar-refractivity contribution in [2.75, 3.05) is 13.1 Å². The molecule has 1 aromatic carbocycles. The van der Waals surface area contributed by atoms with E-state index in [1.165, 1.54) is 0 Å². The average molecular weight is 442 g/mol. The van der Waals surface area contributed by atoms with E-state index in [9.17, 15) is 9.59 Å². The summed E-state index contributed by atoms with van der Waals surface area (Å²) >= 11 is 12.5. The number of hydrogen-bond acceptors (Lipinski definition) is 4. The molecule has 2 atom stereocenters. The lowest BCUT2D eigenvalue weighted by molar-refractivity contribution is -0.137. The fourth-order valence-corrected chi connectivity index (χ4v) is 3.96. The van der Waals surface area contributed by atoms with Crippen LogP contribution >= 0.6 is 23.2 Å². The van der Waals surface area contributed by atoms with Gasteiger partial charge in [0.1, 0.15) is 5.60 Å². The molecular weight excluding hydrogens is 413 g/mol. The monoisotopic (exact) mass is 441 g/mol. The summed E-state index contributed by atoms with van der Waals surface area (Å²) in [4.78, 5) is 27.3. The molecular formula is C21H29Cl2N3O3. The number of alkyl carbamates (subject to hydrolysis) is 1. The predicted molar refractivity (Wildman–Crippen MR) is 114 cm³/mol. The highest BCUT2D eigenvalue weighted by molar-refractivity contribution is 6.42. The molecule has 0 aromatic heterocycles. The van der Waals surface area contributed by atoms with Gasteiger partial charge in [0.05, 0.1) is 16.0 Å². The van der Waals surface area contributed by atoms with Gasteiger partial charge >= 0.3 is 6.09 Å². The smallest absolute Gasteiger partial charge is 0.407 e. The van der Waals surface area contributed by atoms with Crippen LogP contribution in [-0.2, 0) is 16.1 Å². The Hall–Kier alpha value is -1.50. The van der Waals surface area contributed by atoms with Crippen molar-refractivity contribution in [3.63, 3.8) is 0 Å². The van der Waals surface area contributed by atoms with Crippen LogP contribution in [0.4, 0.5) is 4.79 Å². The summed E-state index contributed by atoms with van der Waals surface area (Å²) in [6.07, 6.45) is 2.13. The normalized spacial score (nSPS) is 22.1. The van der Waals surface area contributed by atoms with Crippen LogP contribution in [0.3, 0.4) is 0 Å². The maximum atomic E-state index is 13.3. The number of piperidine rings is 1. The van der Waals surface area contributed by atoms with E-state index in [1.54, 1.807) is 6.07 Å². The minimum atomic E-state index is -0.555. The first-order valence-electron chi connectivity index (χ1n) is 10.1. The topological polar surface area (TPSA) is 70.7 Å². The van der Waals surface area contributed by atoms with Gasteiger partial charge in [-0.05, 0) is 51.7 Å². The average Bonchev–Trinajstić information content (AvgIpc) is 3.46. The van der Waals surface area contributed by atoms with Gasteiger partial charge in [-0.25, -0.2) is 4.79 Å². The maximum Gasteiger partial charge on any atom is 0.407 e. The lowest BCUT2D eigenvalue weighted by Crippen LogP contribution is -2.53. The highest BCUT2D eigenvalue weighted by atomic mass is 35.5. The number of nitrogens with one attached hydrogen (secondary N) is 2. The first kappa shape index (κ1) is 22.2. The second-order valence-corrected chi connectivity index (χ2v) is 9.63. The van der Waals surface area contributed by atoms with Crippen LogP contribution < -0.4 is 10.6 Å². The zero-order chi connectivity index (χ0) is 21.2. The second-order valence-electron chi connectivity index (χ2n) is 8.84. The van der Waals surface area contributed by atoms with E-state index in [4.69, 9.17) is 27.9 Å². The Morgan fingerprint density at radius 3 is 2.62 bits per heavy atom. The lowest BCUT2D eigenvalue weighted by atomic mass is 9.94. The molecule has 2 N–H and O–H groups in total. The minimum Gasteiger partial charge on any atom is -0.444 e. The van der Waals surface area contributed by atoms with Crippen molar-refractivity contribution in [1.29, 1.82) is 0 Å². The van der Waals surface area contributed by atoms with E-state index in [-0.39, 0.29) is 23.9 Å². The SMILES string of the molecule is CC(C)(C)OC(=O)NC1CNCC(C(=O)N(Cc2cccc(Cl)c2Cl)C2CC2)C1. The Labute approximate surface area is 182 Å². The van der Waals surface area contributed by atoms with Gasteiger partial charge in [0, 0.05) is 31.7 Å². The fourth-order valence-electron chi connectivity index (χ4n) is 3.58. The Morgan fingerprint density at radius 1 is 1.24 bits per heavy atom. The van der Waals surface area contributed by atoms with Crippen LogP contribution in [0.5, 0.6) is 0 Å². The number of amides is 2. The van der Waals surface area contributed by atoms with Gasteiger partial charge in [0.15, 0.2) is 0 Å². The molecule has 1 saturated heterocycles. The highest BCUT2D eigenvalue weighted by Gasteiger charge is 2.38. The van der Waals surface area contributed by atoms with Crippen molar-refractivity contribution in [1.82, 2.24) is 15.5 Å². The van der Waals surface area contributed by atoms with Crippen LogP contribution in [0.15, 0.2) is 18.2 Å². The van der Waals surface area contributed by atoms with Gasteiger partial charge in [-0.15, -0.1) is 0 Å². The van der Waals surface area contributed by atoms with Crippen LogP contribution in [0.2, 0.25) is 10.0 Å². The van der Waals surface area contributed by atoms with Crippen molar-refractivity contribution in [3.05, 3.63) is 33.8 Å². The quantitative estimate of drug-likeness (QED) is 0.724. The number of benzene rings is 1. The third kappa shape index (κ3) is 6.24. The van der Waals surface area contributed by atoms with Crippen LogP contribution in [-0.4, -0.2) is 47.7 Å². The Kier molecular flexibility index (Phi) is 6.97. The van der Waals surface area contributed by atoms with Gasteiger partial charge in [-0.1, -0.05) is 35.3 Å². The van der Waals surface area contributed by atoms with Crippen LogP contribution in [0, 0.1) is 5.92 Å². The van der Waals surface area contributed by atoms with Gasteiger partial charge in [0.25, 0.3) is 0 Å². The van der Waals surface area contributed by atoms with E-state index < -0.39 is 11.7 Å². The van der Waals surface area contributed by atoms with E-state index in [2.05, 4.69) is 10.6 Å². The first-order chi connectivity index (χ1) is 13.6. The summed E-state index contributed by atoms with van der Waals surface area (Å²) in [6, 6.07) is 5.60. The summed E-state index contributed by atoms with van der Waals surface area (Å²) < 4.78 is 5.33. The molecule has 6 nitrogen and oxygen atoms in total. The Bertz CT molecular complexity index is 762. The van der Waals surface area contributed by atoms with Crippen molar-refractivity contribution in [2.45, 2.75) is 64.3 Å². The molecule has 2 amide bonds. The summed E-state index contributed by atoms with van der Waals surface area (Å²) in [5.41, 5.74) is 0.298. The van der Waals surface area contributed by atoms with Crippen molar-refractivity contribution in [3.8, 4) is 0 Å². The number of carbonyl (C=O) groups excluding carboxylic acids is 2. The summed E-state index contributed by atoms with van der Waals surface area (Å²) in [5, 5.41) is 7.14. The zero-order valence-electron chi connectivity index (χ0n) is 17.1. The highest BCUT2D eigenvalue weighted by Crippen LogP contribution is 2.33. The van der Waals surface area contributed by atoms with Crippen LogP contribution in [0.1, 0.15) is 45.6 Å². The molecule has 2 aliphatic rings. The van der Waals surface area contributed by atoms with Gasteiger partial charge in [0.2, 0.25) is 5.91 Å². The number of halogens is 2. The Morgan fingerprint density at radius 2 is 1.97 bits per heavy atom. The third-order valence-electron chi connectivity index (χ3n) is 5.06. The predicted octanol–water partition coefficient (Wildman–Crippen LogP) is 3.99. The fraction of sp³-hybridized carbons (Fsp3) is 0.619. The molecule has 29 heavy (non-hydrogen) atoms. The number of carbonyl (C=O) groups is 2. The molecule has 0 radical (unpaired) electrons. The molecule has 1 saturated carbocycles. The Balaban J connectivity index is 1.64. The molecule has 1 aliphatic carbocycles. The van der Waals surface area contributed by atoms with Crippen LogP contribution in [0.25, 0.3) is 0 Å². The van der Waals surface area contributed by atoms with E-state index in [0.717, 1.165) is 18.4 Å². The lowest BCUT2D eigenvalue weighted by Gasteiger charge is -2.34. The molecule has 2 unspecified atom stereocenters. The van der Waals surface area contributed by atoms with E-state index >= 15 is 0 Å². The minimum absolute atomic E-state index is 0.0896. The molecule has 0 spiro atoms. The largest absolute Gasteiger partial charge is 0.444 e. The standard InChI is InChI=1S/C21H29Cl2N3O3/c1-21(2,3)29-20(28)25-15-9-14(10-24-11-15)19(27)26(16-7-8-16)12-13-5-4-6-17(22)18(13)23/h4-6,14-16,24H,7-12H2,1-3H3,(H,25,28). The third-order valence-corrected chi connectivity index (χ3v) is 5.92. The molecule has 0 bridgehead atoms. The number of ether oxygens (including phenoxy) is 1. The van der Waals surface area contributed by atoms with Gasteiger partial charge in [-0.3, -0.25) is 4.79 Å². The molecule has 2 fully saturated rings. The molecule has 1 aromatic rings. The van der Waals surface area contributed by atoms with Gasteiger partial charge in [-0.2, -0.15) is 0 Å². The molecule has 160 valence electrons. The number of hydrogen-bond donors (Lipinski definition) is 2. The second kappa shape index (κ2) is 9.11. The first-order valence-corrected chi connectivity index (χ1v) is 10.8. The van der Waals surface area contributed by atoms with Crippen molar-refractivity contribution >= 4 is 35.2 Å². The summed E-state index contributed by atoms with van der Waals surface area (Å²) in [6.45, 7) is 7.14. The molecule has 8 heteroatoms. The number of rotatable bonds is 5. The maximum absolute atomic E-state index is 13.3. The number of nitrogens with zero attached hydrogens (tertiary/aromatic N) is 1. The van der Waals surface area contributed by atoms with E-state index in [0.29, 0.717) is 36.1 Å². The molecule has 3 rings (SSSR count). The molecule has 1 aliphatic heterocycles. The van der Waals surface area contributed by atoms with Crippen molar-refractivity contribution < 1.29 is 14.3 Å². The van der Waals surface area contributed by atoms with Crippen molar-refractivity contribution in [2.24, 2.45) is 5.92 Å². The van der Waals surface area contributed by atoms with Gasteiger partial charge < -0.3 is 20.3 Å². The summed E-state index contributed by atoms with van der Waals surface area (Å²) in [7, 11) is 0.